The first kappa shape index (κ1) is 11.7. The maximum Gasteiger partial charge on any atom is 0.180 e. The Balaban J connectivity index is 2.54. The van der Waals surface area contributed by atoms with Crippen molar-refractivity contribution >= 4 is 0 Å². The summed E-state index contributed by atoms with van der Waals surface area (Å²) in [5, 5.41) is 12.6. The normalized spacial score (nSPS) is 10.8. The van der Waals surface area contributed by atoms with E-state index in [4.69, 9.17) is 5.73 Å². The topological polar surface area (TPSA) is 69.6 Å². The lowest BCUT2D eigenvalue weighted by atomic mass is 10.2. The van der Waals surface area contributed by atoms with E-state index in [2.05, 4.69) is 35.2 Å². The van der Waals surface area contributed by atoms with Crippen LogP contribution in [0.4, 0.5) is 0 Å². The Morgan fingerprint density at radius 2 is 2.12 bits per heavy atom. The molecule has 0 saturated heterocycles. The van der Waals surface area contributed by atoms with Gasteiger partial charge in [-0.05, 0) is 25.0 Å². The van der Waals surface area contributed by atoms with Gasteiger partial charge in [-0.25, -0.2) is 4.68 Å². The van der Waals surface area contributed by atoms with Gasteiger partial charge in [0, 0.05) is 17.8 Å². The van der Waals surface area contributed by atoms with Crippen LogP contribution in [0, 0.1) is 0 Å². The van der Waals surface area contributed by atoms with Crippen molar-refractivity contribution in [2.24, 2.45) is 5.73 Å². The molecule has 0 spiro atoms. The molecular formula is C12H17N5. The fourth-order valence-electron chi connectivity index (χ4n) is 1.77. The van der Waals surface area contributed by atoms with E-state index in [0.29, 0.717) is 6.54 Å². The molecule has 0 aliphatic carbocycles. The molecular weight excluding hydrogens is 214 g/mol. The van der Waals surface area contributed by atoms with E-state index in [-0.39, 0.29) is 0 Å². The second-order valence-electron chi connectivity index (χ2n) is 3.83. The summed E-state index contributed by atoms with van der Waals surface area (Å²) in [6, 6.07) is 3.99. The Morgan fingerprint density at radius 1 is 1.29 bits per heavy atom. The van der Waals surface area contributed by atoms with Crippen LogP contribution in [0.15, 0.2) is 18.3 Å². The zero-order valence-electron chi connectivity index (χ0n) is 10.2. The first-order valence-electron chi connectivity index (χ1n) is 5.89. The number of rotatable bonds is 4. The summed E-state index contributed by atoms with van der Waals surface area (Å²) in [6.45, 7) is 4.63. The third kappa shape index (κ3) is 2.19. The minimum atomic E-state index is 0.440. The lowest BCUT2D eigenvalue weighted by molar-refractivity contribution is 0.739. The Bertz CT molecular complexity index is 503. The van der Waals surface area contributed by atoms with Crippen LogP contribution in [0.5, 0.6) is 0 Å². The maximum absolute atomic E-state index is 5.71. The molecule has 0 aliphatic heterocycles. The summed E-state index contributed by atoms with van der Waals surface area (Å²) in [4.78, 5) is 0. The first-order chi connectivity index (χ1) is 8.30. The number of nitrogens with two attached hydrogens (primary N) is 1. The Morgan fingerprint density at radius 3 is 2.76 bits per heavy atom. The standard InChI is InChI=1S/C12H17N5/c1-3-10-7-11(4-2)17(16-10)12-9(8-13)5-6-14-15-12/h5-7H,3-4,8,13H2,1-2H3. The molecule has 90 valence electrons. The molecule has 0 aromatic carbocycles. The average Bonchev–Trinajstić information content (AvgIpc) is 2.81. The zero-order chi connectivity index (χ0) is 12.3. The Labute approximate surface area is 101 Å². The van der Waals surface area contributed by atoms with Crippen molar-refractivity contribution in [2.75, 3.05) is 0 Å². The summed E-state index contributed by atoms with van der Waals surface area (Å²) < 4.78 is 1.86. The van der Waals surface area contributed by atoms with Gasteiger partial charge < -0.3 is 5.73 Å². The second-order valence-corrected chi connectivity index (χ2v) is 3.83. The van der Waals surface area contributed by atoms with Gasteiger partial charge in [0.05, 0.1) is 11.9 Å². The molecule has 0 fully saturated rings. The van der Waals surface area contributed by atoms with Crippen molar-refractivity contribution in [1.29, 1.82) is 0 Å². The fraction of sp³-hybridized carbons (Fsp3) is 0.417. The maximum atomic E-state index is 5.71. The van der Waals surface area contributed by atoms with Gasteiger partial charge in [-0.1, -0.05) is 13.8 Å². The molecule has 2 aromatic rings. The summed E-state index contributed by atoms with van der Waals surface area (Å²) in [6.07, 6.45) is 3.48. The predicted octanol–water partition coefficient (Wildman–Crippen LogP) is 1.25. The molecule has 0 aliphatic rings. The SMILES string of the molecule is CCc1cc(CC)n(-c2nnccc2CN)n1. The molecule has 0 bridgehead atoms. The van der Waals surface area contributed by atoms with Crippen LogP contribution in [0.1, 0.15) is 30.8 Å². The molecule has 2 heterocycles. The monoisotopic (exact) mass is 231 g/mol. The van der Waals surface area contributed by atoms with E-state index in [0.717, 1.165) is 35.6 Å². The Hall–Kier alpha value is -1.75. The predicted molar refractivity (Wildman–Crippen MR) is 65.8 cm³/mol. The van der Waals surface area contributed by atoms with Crippen LogP contribution in [0.25, 0.3) is 5.82 Å². The van der Waals surface area contributed by atoms with Gasteiger partial charge in [0.1, 0.15) is 0 Å². The van der Waals surface area contributed by atoms with E-state index in [1.54, 1.807) is 6.20 Å². The Kier molecular flexibility index (Phi) is 3.49. The first-order valence-corrected chi connectivity index (χ1v) is 5.89. The zero-order valence-corrected chi connectivity index (χ0v) is 10.2. The quantitative estimate of drug-likeness (QED) is 0.859. The molecule has 2 aromatic heterocycles. The van der Waals surface area contributed by atoms with Gasteiger partial charge in [-0.15, -0.1) is 5.10 Å². The van der Waals surface area contributed by atoms with Crippen LogP contribution in [-0.4, -0.2) is 20.0 Å². The van der Waals surface area contributed by atoms with Gasteiger partial charge >= 0.3 is 0 Å². The highest BCUT2D eigenvalue weighted by molar-refractivity contribution is 5.33. The van der Waals surface area contributed by atoms with Crippen molar-refractivity contribution in [3.05, 3.63) is 35.3 Å². The third-order valence-corrected chi connectivity index (χ3v) is 2.76. The molecule has 5 heteroatoms. The molecule has 5 nitrogen and oxygen atoms in total. The van der Waals surface area contributed by atoms with Crippen molar-refractivity contribution in [3.8, 4) is 5.82 Å². The van der Waals surface area contributed by atoms with Crippen LogP contribution < -0.4 is 5.73 Å². The third-order valence-electron chi connectivity index (χ3n) is 2.76. The molecule has 0 atom stereocenters. The summed E-state index contributed by atoms with van der Waals surface area (Å²) in [5.41, 5.74) is 8.87. The second kappa shape index (κ2) is 5.05. The lowest BCUT2D eigenvalue weighted by Crippen LogP contribution is -2.11. The molecule has 17 heavy (non-hydrogen) atoms. The summed E-state index contributed by atoms with van der Waals surface area (Å²) in [7, 11) is 0. The van der Waals surface area contributed by atoms with Crippen LogP contribution in [0.2, 0.25) is 0 Å². The number of hydrogen-bond donors (Lipinski definition) is 1. The highest BCUT2D eigenvalue weighted by Gasteiger charge is 2.11. The number of aryl methyl sites for hydroxylation is 2. The highest BCUT2D eigenvalue weighted by Crippen LogP contribution is 2.14. The van der Waals surface area contributed by atoms with Gasteiger partial charge in [-0.2, -0.15) is 10.2 Å². The highest BCUT2D eigenvalue weighted by atomic mass is 15.3. The van der Waals surface area contributed by atoms with Gasteiger partial charge in [0.15, 0.2) is 5.82 Å². The molecule has 0 amide bonds. The molecule has 0 radical (unpaired) electrons. The van der Waals surface area contributed by atoms with E-state index in [1.807, 2.05) is 10.7 Å². The van der Waals surface area contributed by atoms with Gasteiger partial charge in [0.25, 0.3) is 0 Å². The van der Waals surface area contributed by atoms with Crippen LogP contribution >= 0.6 is 0 Å². The number of hydrogen-bond acceptors (Lipinski definition) is 4. The number of nitrogens with zero attached hydrogens (tertiary/aromatic N) is 4. The largest absolute Gasteiger partial charge is 0.326 e. The molecule has 2 rings (SSSR count). The van der Waals surface area contributed by atoms with E-state index < -0.39 is 0 Å². The summed E-state index contributed by atoms with van der Waals surface area (Å²) >= 11 is 0. The van der Waals surface area contributed by atoms with Crippen molar-refractivity contribution in [3.63, 3.8) is 0 Å². The van der Waals surface area contributed by atoms with Crippen molar-refractivity contribution < 1.29 is 0 Å². The molecule has 2 N–H and O–H groups in total. The van der Waals surface area contributed by atoms with Gasteiger partial charge in [-0.3, -0.25) is 0 Å². The smallest absolute Gasteiger partial charge is 0.180 e. The van der Waals surface area contributed by atoms with Crippen molar-refractivity contribution in [1.82, 2.24) is 20.0 Å². The van der Waals surface area contributed by atoms with E-state index in [9.17, 15) is 0 Å². The van der Waals surface area contributed by atoms with Crippen LogP contribution in [0.3, 0.4) is 0 Å². The summed E-state index contributed by atoms with van der Waals surface area (Å²) in [5.74, 6) is 0.742. The van der Waals surface area contributed by atoms with E-state index >= 15 is 0 Å². The van der Waals surface area contributed by atoms with Crippen molar-refractivity contribution in [2.45, 2.75) is 33.2 Å². The van der Waals surface area contributed by atoms with E-state index in [1.165, 1.54) is 0 Å². The minimum Gasteiger partial charge on any atom is -0.326 e. The molecule has 0 unspecified atom stereocenters. The average molecular weight is 231 g/mol. The van der Waals surface area contributed by atoms with Gasteiger partial charge in [0.2, 0.25) is 0 Å². The van der Waals surface area contributed by atoms with Crippen LogP contribution in [-0.2, 0) is 19.4 Å². The molecule has 0 saturated carbocycles. The fourth-order valence-corrected chi connectivity index (χ4v) is 1.77. The lowest BCUT2D eigenvalue weighted by Gasteiger charge is -2.07. The number of aromatic nitrogens is 4. The minimum absolute atomic E-state index is 0.440.